The Kier molecular flexibility index (Phi) is 2.87. The lowest BCUT2D eigenvalue weighted by Gasteiger charge is -2.25. The molecule has 0 bridgehead atoms. The Morgan fingerprint density at radius 2 is 2.00 bits per heavy atom. The van der Waals surface area contributed by atoms with Crippen molar-refractivity contribution in [2.24, 2.45) is 0 Å². The molecular formula is C14H15OSi. The van der Waals surface area contributed by atoms with E-state index in [4.69, 9.17) is 4.43 Å². The van der Waals surface area contributed by atoms with Crippen molar-refractivity contribution in [3.8, 4) is 0 Å². The van der Waals surface area contributed by atoms with Gasteiger partial charge in [0.15, 0.2) is 0 Å². The molecule has 16 heavy (non-hydrogen) atoms. The first kappa shape index (κ1) is 11.4. The molecule has 2 heteroatoms. The number of fused-ring (bicyclic) bond motifs is 1. The lowest BCUT2D eigenvalue weighted by Crippen LogP contribution is -2.23. The molecule has 1 aliphatic carbocycles. The Hall–Kier alpha value is -1.12. The molecule has 1 aliphatic rings. The summed E-state index contributed by atoms with van der Waals surface area (Å²) in [5, 5.41) is 0. The van der Waals surface area contributed by atoms with Crippen LogP contribution in [0.1, 0.15) is 37.0 Å². The maximum Gasteiger partial charge on any atom is 0.246 e. The Morgan fingerprint density at radius 1 is 1.31 bits per heavy atom. The molecule has 0 aliphatic heterocycles. The van der Waals surface area contributed by atoms with E-state index in [1.807, 2.05) is 13.8 Å². The van der Waals surface area contributed by atoms with Crippen LogP contribution >= 0.6 is 0 Å². The largest absolute Gasteiger partial charge is 0.413 e. The normalized spacial score (nSPS) is 13.2. The summed E-state index contributed by atoms with van der Waals surface area (Å²) in [4.78, 5) is 0. The first-order valence-electron chi connectivity index (χ1n) is 5.37. The highest BCUT2D eigenvalue weighted by atomic mass is 28.2. The van der Waals surface area contributed by atoms with Crippen molar-refractivity contribution in [2.45, 2.75) is 25.9 Å². The second-order valence-electron chi connectivity index (χ2n) is 4.82. The highest BCUT2D eigenvalue weighted by Crippen LogP contribution is 2.30. The van der Waals surface area contributed by atoms with Crippen LogP contribution < -0.4 is 0 Å². The molecule has 0 aromatic heterocycles. The van der Waals surface area contributed by atoms with E-state index in [0.717, 1.165) is 12.0 Å². The molecule has 1 nitrogen and oxygen atoms in total. The molecule has 0 unspecified atom stereocenters. The average Bonchev–Trinajstić information content (AvgIpc) is 2.19. The topological polar surface area (TPSA) is 9.23 Å². The van der Waals surface area contributed by atoms with Gasteiger partial charge in [-0.15, -0.1) is 0 Å². The van der Waals surface area contributed by atoms with Crippen molar-refractivity contribution in [3.63, 3.8) is 0 Å². The maximum atomic E-state index is 5.23. The van der Waals surface area contributed by atoms with Crippen LogP contribution in [0.3, 0.4) is 0 Å². The van der Waals surface area contributed by atoms with Gasteiger partial charge in [0.1, 0.15) is 0 Å². The van der Waals surface area contributed by atoms with Crippen LogP contribution in [0, 0.1) is 0 Å². The second kappa shape index (κ2) is 4.04. The zero-order valence-corrected chi connectivity index (χ0v) is 10.7. The number of rotatable bonds is 4. The SMILES string of the molecule is C=C(CC(C)(C)O[Si])c1ccc2c(c1)C=C2. The minimum atomic E-state index is -0.229. The van der Waals surface area contributed by atoms with Crippen LogP contribution in [0.2, 0.25) is 0 Å². The fraction of sp³-hybridized carbons (Fsp3) is 0.286. The van der Waals surface area contributed by atoms with E-state index in [2.05, 4.69) is 47.4 Å². The molecule has 0 heterocycles. The lowest BCUT2D eigenvalue weighted by molar-refractivity contribution is 0.130. The van der Waals surface area contributed by atoms with Crippen LogP contribution in [0.15, 0.2) is 24.8 Å². The summed E-state index contributed by atoms with van der Waals surface area (Å²) in [7, 11) is 3.11. The van der Waals surface area contributed by atoms with Crippen molar-refractivity contribution in [3.05, 3.63) is 41.5 Å². The molecule has 81 valence electrons. The third-order valence-electron chi connectivity index (χ3n) is 2.85. The predicted octanol–water partition coefficient (Wildman–Crippen LogP) is 3.45. The van der Waals surface area contributed by atoms with Gasteiger partial charge in [-0.05, 0) is 48.6 Å². The van der Waals surface area contributed by atoms with Gasteiger partial charge in [0, 0.05) is 0 Å². The van der Waals surface area contributed by atoms with Crippen molar-refractivity contribution in [1.29, 1.82) is 0 Å². The number of hydrogen-bond donors (Lipinski definition) is 0. The molecule has 0 amide bonds. The number of hydrogen-bond acceptors (Lipinski definition) is 1. The van der Waals surface area contributed by atoms with E-state index in [0.29, 0.717) is 0 Å². The molecule has 1 aromatic rings. The average molecular weight is 227 g/mol. The molecule has 0 atom stereocenters. The quantitative estimate of drug-likeness (QED) is 0.727. The van der Waals surface area contributed by atoms with Crippen LogP contribution in [-0.4, -0.2) is 16.1 Å². The Bertz CT molecular complexity index is 458. The second-order valence-corrected chi connectivity index (χ2v) is 5.02. The van der Waals surface area contributed by atoms with Crippen molar-refractivity contribution in [2.75, 3.05) is 0 Å². The summed E-state index contributed by atoms with van der Waals surface area (Å²) in [6.07, 6.45) is 5.05. The summed E-state index contributed by atoms with van der Waals surface area (Å²) >= 11 is 0. The Labute approximate surface area is 100 Å². The third-order valence-corrected chi connectivity index (χ3v) is 3.41. The van der Waals surface area contributed by atoms with Crippen molar-refractivity contribution >= 4 is 28.2 Å². The lowest BCUT2D eigenvalue weighted by atomic mass is 9.90. The first-order valence-corrected chi connectivity index (χ1v) is 5.78. The molecule has 0 saturated heterocycles. The zero-order valence-electron chi connectivity index (χ0n) is 9.71. The molecule has 2 rings (SSSR count). The van der Waals surface area contributed by atoms with Gasteiger partial charge in [-0.1, -0.05) is 30.9 Å². The fourth-order valence-electron chi connectivity index (χ4n) is 1.83. The molecule has 3 radical (unpaired) electrons. The van der Waals surface area contributed by atoms with E-state index >= 15 is 0 Å². The Morgan fingerprint density at radius 3 is 2.50 bits per heavy atom. The smallest absolute Gasteiger partial charge is 0.246 e. The van der Waals surface area contributed by atoms with Crippen LogP contribution in [0.25, 0.3) is 17.7 Å². The standard InChI is InChI=1S/C14H15OSi/c1-10(9-14(2,3)15-16)12-6-4-11-5-7-13(11)8-12/h4-8H,1,9H2,2-3H3. The van der Waals surface area contributed by atoms with Gasteiger partial charge in [0.2, 0.25) is 10.5 Å². The van der Waals surface area contributed by atoms with Crippen LogP contribution in [0.4, 0.5) is 0 Å². The van der Waals surface area contributed by atoms with Gasteiger partial charge in [-0.2, -0.15) is 0 Å². The van der Waals surface area contributed by atoms with E-state index in [9.17, 15) is 0 Å². The minimum Gasteiger partial charge on any atom is -0.413 e. The maximum absolute atomic E-state index is 5.23. The minimum absolute atomic E-state index is 0.229. The van der Waals surface area contributed by atoms with Gasteiger partial charge in [-0.25, -0.2) is 0 Å². The van der Waals surface area contributed by atoms with Gasteiger partial charge in [0.05, 0.1) is 5.60 Å². The fourth-order valence-corrected chi connectivity index (χ4v) is 1.90. The van der Waals surface area contributed by atoms with Crippen molar-refractivity contribution < 1.29 is 4.43 Å². The van der Waals surface area contributed by atoms with Crippen LogP contribution in [0.5, 0.6) is 0 Å². The Balaban J connectivity index is 2.13. The summed E-state index contributed by atoms with van der Waals surface area (Å²) in [5.74, 6) is 0. The summed E-state index contributed by atoms with van der Waals surface area (Å²) in [5.41, 5.74) is 4.68. The third kappa shape index (κ3) is 2.18. The summed E-state index contributed by atoms with van der Waals surface area (Å²) in [6.45, 7) is 8.20. The van der Waals surface area contributed by atoms with E-state index in [1.165, 1.54) is 16.7 Å². The van der Waals surface area contributed by atoms with E-state index in [1.54, 1.807) is 0 Å². The molecule has 0 spiro atoms. The van der Waals surface area contributed by atoms with E-state index in [-0.39, 0.29) is 5.60 Å². The van der Waals surface area contributed by atoms with Gasteiger partial charge < -0.3 is 4.43 Å². The zero-order chi connectivity index (χ0) is 11.8. The van der Waals surface area contributed by atoms with Crippen LogP contribution in [-0.2, 0) is 4.43 Å². The van der Waals surface area contributed by atoms with Gasteiger partial charge in [-0.3, -0.25) is 0 Å². The molecule has 0 saturated carbocycles. The molecule has 0 N–H and O–H groups in total. The molecular weight excluding hydrogens is 212 g/mol. The molecule has 1 aromatic carbocycles. The van der Waals surface area contributed by atoms with E-state index < -0.39 is 0 Å². The highest BCUT2D eigenvalue weighted by Gasteiger charge is 2.18. The number of benzene rings is 1. The predicted molar refractivity (Wildman–Crippen MR) is 69.9 cm³/mol. The van der Waals surface area contributed by atoms with Gasteiger partial charge >= 0.3 is 0 Å². The first-order chi connectivity index (χ1) is 7.52. The molecule has 0 fully saturated rings. The summed E-state index contributed by atoms with van der Waals surface area (Å²) < 4.78 is 5.23. The highest BCUT2D eigenvalue weighted by molar-refractivity contribution is 5.98. The van der Waals surface area contributed by atoms with Crippen molar-refractivity contribution in [1.82, 2.24) is 0 Å². The summed E-state index contributed by atoms with van der Waals surface area (Å²) in [6, 6.07) is 6.44. The monoisotopic (exact) mass is 227 g/mol. The van der Waals surface area contributed by atoms with Gasteiger partial charge in [0.25, 0.3) is 0 Å².